The van der Waals surface area contributed by atoms with E-state index in [0.29, 0.717) is 5.56 Å². The average Bonchev–Trinajstić information content (AvgIpc) is 2.03. The molecule has 12 heavy (non-hydrogen) atoms. The van der Waals surface area contributed by atoms with Gasteiger partial charge in [-0.15, -0.1) is 0 Å². The molecule has 0 atom stereocenters. The second kappa shape index (κ2) is 4.05. The third kappa shape index (κ3) is 2.08. The maximum atomic E-state index is 11.2. The van der Waals surface area contributed by atoms with Crippen LogP contribution in [-0.4, -0.2) is 13.0 Å². The highest BCUT2D eigenvalue weighted by Crippen LogP contribution is 2.21. The van der Waals surface area contributed by atoms with Crippen molar-refractivity contribution in [2.24, 2.45) is 0 Å². The molecule has 4 heteroatoms. The fourth-order valence-corrected chi connectivity index (χ4v) is 1.94. The normalized spacial score (nSPS) is 9.58. The van der Waals surface area contributed by atoms with Gasteiger partial charge in [-0.05, 0) is 34.1 Å². The van der Waals surface area contributed by atoms with Crippen molar-refractivity contribution in [3.05, 3.63) is 32.7 Å². The maximum absolute atomic E-state index is 11.2. The topological polar surface area (TPSA) is 29.1 Å². The molecule has 0 saturated carbocycles. The Morgan fingerprint density at radius 3 is 2.75 bits per heavy atom. The quantitative estimate of drug-likeness (QED) is 0.846. The third-order valence-electron chi connectivity index (χ3n) is 1.31. The first-order chi connectivity index (χ1) is 5.65. The molecule has 0 aromatic heterocycles. The first-order valence-corrected chi connectivity index (χ1v) is 4.82. The molecule has 0 saturated heterocycles. The van der Waals surface area contributed by atoms with Crippen molar-refractivity contribution in [3.8, 4) is 0 Å². The van der Waals surface area contributed by atoms with E-state index in [9.17, 15) is 4.79 Å². The van der Waals surface area contributed by atoms with Crippen molar-refractivity contribution in [3.63, 3.8) is 0 Å². The molecule has 0 aliphatic heterocycles. The molecule has 1 radical (unpaired) electrons. The van der Waals surface area contributed by atoms with E-state index in [-0.39, 0.29) is 5.91 Å². The van der Waals surface area contributed by atoms with E-state index in [4.69, 9.17) is 0 Å². The number of hydrogen-bond donors (Lipinski definition) is 1. The van der Waals surface area contributed by atoms with Gasteiger partial charge in [0.05, 0.1) is 5.56 Å². The molecule has 1 aromatic carbocycles. The predicted octanol–water partition coefficient (Wildman–Crippen LogP) is 2.37. The zero-order valence-electron chi connectivity index (χ0n) is 6.32. The lowest BCUT2D eigenvalue weighted by Crippen LogP contribution is -2.18. The molecule has 0 heterocycles. The maximum Gasteiger partial charge on any atom is 0.252 e. The first-order valence-electron chi connectivity index (χ1n) is 3.24. The molecule has 0 unspecified atom stereocenters. The van der Waals surface area contributed by atoms with E-state index in [2.05, 4.69) is 43.2 Å². The monoisotopic (exact) mass is 290 g/mol. The summed E-state index contributed by atoms with van der Waals surface area (Å²) in [6.07, 6.45) is 0. The summed E-state index contributed by atoms with van der Waals surface area (Å²) >= 11 is 6.54. The highest BCUT2D eigenvalue weighted by molar-refractivity contribution is 9.11. The van der Waals surface area contributed by atoms with Crippen LogP contribution in [0.5, 0.6) is 0 Å². The van der Waals surface area contributed by atoms with Gasteiger partial charge in [-0.2, -0.15) is 0 Å². The summed E-state index contributed by atoms with van der Waals surface area (Å²) in [4.78, 5) is 11.2. The van der Waals surface area contributed by atoms with E-state index < -0.39 is 0 Å². The Balaban J connectivity index is 3.09. The number of rotatable bonds is 1. The van der Waals surface area contributed by atoms with Crippen LogP contribution < -0.4 is 5.32 Å². The van der Waals surface area contributed by atoms with Crippen molar-refractivity contribution in [2.45, 2.75) is 0 Å². The molecule has 63 valence electrons. The summed E-state index contributed by atoms with van der Waals surface area (Å²) < 4.78 is 1.62. The van der Waals surface area contributed by atoms with Gasteiger partial charge in [-0.25, -0.2) is 0 Å². The van der Waals surface area contributed by atoms with E-state index >= 15 is 0 Å². The first kappa shape index (κ1) is 9.74. The Labute approximate surface area is 87.6 Å². The number of carbonyl (C=O) groups is 1. The van der Waals surface area contributed by atoms with Crippen molar-refractivity contribution in [2.75, 3.05) is 7.05 Å². The predicted molar refractivity (Wildman–Crippen MR) is 54.1 cm³/mol. The van der Waals surface area contributed by atoms with Gasteiger partial charge >= 0.3 is 0 Å². The highest BCUT2D eigenvalue weighted by atomic mass is 79.9. The Kier molecular flexibility index (Phi) is 3.29. The van der Waals surface area contributed by atoms with Gasteiger partial charge in [0.15, 0.2) is 0 Å². The number of nitrogens with one attached hydrogen (secondary N) is 1. The lowest BCUT2D eigenvalue weighted by atomic mass is 10.2. The van der Waals surface area contributed by atoms with Gasteiger partial charge in [-0.3, -0.25) is 4.79 Å². The van der Waals surface area contributed by atoms with E-state index in [1.807, 2.05) is 0 Å². The van der Waals surface area contributed by atoms with E-state index in [0.717, 1.165) is 8.95 Å². The van der Waals surface area contributed by atoms with Crippen LogP contribution in [0.1, 0.15) is 10.4 Å². The molecule has 0 fully saturated rings. The van der Waals surface area contributed by atoms with E-state index in [1.165, 1.54) is 0 Å². The summed E-state index contributed by atoms with van der Waals surface area (Å²) in [6.45, 7) is 0. The molecular formula is C8H6Br2NO. The fourth-order valence-electron chi connectivity index (χ4n) is 0.744. The Morgan fingerprint density at radius 1 is 1.58 bits per heavy atom. The summed E-state index contributed by atoms with van der Waals surface area (Å²) in [7, 11) is 1.59. The van der Waals surface area contributed by atoms with Crippen LogP contribution in [0.15, 0.2) is 21.1 Å². The molecule has 0 aliphatic rings. The zero-order chi connectivity index (χ0) is 9.14. The zero-order valence-corrected chi connectivity index (χ0v) is 9.49. The number of hydrogen-bond acceptors (Lipinski definition) is 1. The van der Waals surface area contributed by atoms with Crippen LogP contribution in [0.3, 0.4) is 0 Å². The van der Waals surface area contributed by atoms with Crippen molar-refractivity contribution in [1.29, 1.82) is 0 Å². The van der Waals surface area contributed by atoms with Crippen LogP contribution in [0.2, 0.25) is 0 Å². The van der Waals surface area contributed by atoms with Crippen molar-refractivity contribution < 1.29 is 4.79 Å². The van der Waals surface area contributed by atoms with Crippen molar-refractivity contribution >= 4 is 37.8 Å². The van der Waals surface area contributed by atoms with Gasteiger partial charge in [0.2, 0.25) is 0 Å². The number of benzene rings is 1. The number of halogens is 2. The molecule has 1 rings (SSSR count). The standard InChI is InChI=1S/C8H6Br2NO/c1-11-8(12)6-3-2-5(9)4-7(6)10/h2,4H,1H3,(H,11,12). The molecule has 1 amide bonds. The fraction of sp³-hybridized carbons (Fsp3) is 0.125. The Morgan fingerprint density at radius 2 is 2.25 bits per heavy atom. The molecule has 1 N–H and O–H groups in total. The van der Waals surface area contributed by atoms with Gasteiger partial charge in [0, 0.05) is 16.0 Å². The molecular weight excluding hydrogens is 286 g/mol. The minimum absolute atomic E-state index is 0.144. The van der Waals surface area contributed by atoms with Gasteiger partial charge in [-0.1, -0.05) is 15.9 Å². The number of carbonyl (C=O) groups excluding carboxylic acids is 1. The van der Waals surface area contributed by atoms with Gasteiger partial charge in [0.1, 0.15) is 0 Å². The second-order valence-electron chi connectivity index (χ2n) is 2.12. The molecule has 0 bridgehead atoms. The summed E-state index contributed by atoms with van der Waals surface area (Å²) in [5.41, 5.74) is 0.515. The molecule has 1 aromatic rings. The molecule has 0 aliphatic carbocycles. The SMILES string of the molecule is CNC(=O)c1[c]cc(Br)cc1Br. The lowest BCUT2D eigenvalue weighted by molar-refractivity contribution is 0.0962. The second-order valence-corrected chi connectivity index (χ2v) is 3.89. The van der Waals surface area contributed by atoms with Crippen LogP contribution in [-0.2, 0) is 0 Å². The van der Waals surface area contributed by atoms with Crippen LogP contribution in [0, 0.1) is 6.07 Å². The lowest BCUT2D eigenvalue weighted by Gasteiger charge is -2.01. The largest absolute Gasteiger partial charge is 0.355 e. The Bertz CT molecular complexity index is 312. The van der Waals surface area contributed by atoms with Crippen molar-refractivity contribution in [1.82, 2.24) is 5.32 Å². The van der Waals surface area contributed by atoms with Crippen LogP contribution in [0.4, 0.5) is 0 Å². The minimum Gasteiger partial charge on any atom is -0.355 e. The van der Waals surface area contributed by atoms with Gasteiger partial charge in [0.25, 0.3) is 5.91 Å². The third-order valence-corrected chi connectivity index (χ3v) is 2.40. The number of amides is 1. The van der Waals surface area contributed by atoms with Gasteiger partial charge < -0.3 is 5.32 Å². The minimum atomic E-state index is -0.144. The smallest absolute Gasteiger partial charge is 0.252 e. The average molecular weight is 292 g/mol. The Hall–Kier alpha value is -0.350. The van der Waals surface area contributed by atoms with E-state index in [1.54, 1.807) is 19.2 Å². The summed E-state index contributed by atoms with van der Waals surface area (Å²) in [5.74, 6) is -0.144. The molecule has 2 nitrogen and oxygen atoms in total. The summed E-state index contributed by atoms with van der Waals surface area (Å²) in [5, 5.41) is 2.53. The highest BCUT2D eigenvalue weighted by Gasteiger charge is 2.07. The van der Waals surface area contributed by atoms with Crippen LogP contribution >= 0.6 is 31.9 Å². The molecule has 0 spiro atoms. The summed E-state index contributed by atoms with van der Waals surface area (Å²) in [6, 6.07) is 6.36. The van der Waals surface area contributed by atoms with Crippen LogP contribution in [0.25, 0.3) is 0 Å².